The van der Waals surface area contributed by atoms with Crippen LogP contribution in [-0.2, 0) is 20.7 Å². The summed E-state index contributed by atoms with van der Waals surface area (Å²) in [4.78, 5) is 27.0. The molecule has 1 unspecified atom stereocenters. The summed E-state index contributed by atoms with van der Waals surface area (Å²) in [7, 11) is 1.74. The van der Waals surface area contributed by atoms with E-state index in [1.165, 1.54) is 0 Å². The van der Waals surface area contributed by atoms with Crippen LogP contribution in [0.25, 0.3) is 11.1 Å². The summed E-state index contributed by atoms with van der Waals surface area (Å²) in [6, 6.07) is 18.2. The first kappa shape index (κ1) is 20.0. The summed E-state index contributed by atoms with van der Waals surface area (Å²) in [5, 5.41) is 8.86. The van der Waals surface area contributed by atoms with E-state index in [1.54, 1.807) is 11.9 Å². The van der Waals surface area contributed by atoms with Crippen molar-refractivity contribution in [2.24, 2.45) is 0 Å². The van der Waals surface area contributed by atoms with Gasteiger partial charge in [-0.3, -0.25) is 14.5 Å². The predicted molar refractivity (Wildman–Crippen MR) is 107 cm³/mol. The largest absolute Gasteiger partial charge is 0.480 e. The first-order valence-corrected chi connectivity index (χ1v) is 9.45. The first-order chi connectivity index (χ1) is 13.5. The number of nitrogens with zero attached hydrogens (tertiary/aromatic N) is 2. The molecule has 6 nitrogen and oxygen atoms in total. The fraction of sp³-hybridized carbons (Fsp3) is 0.364. The molecule has 1 saturated heterocycles. The maximum Gasteiger partial charge on any atom is 0.317 e. The van der Waals surface area contributed by atoms with Crippen LogP contribution in [0.5, 0.6) is 0 Å². The predicted octanol–water partition coefficient (Wildman–Crippen LogP) is 2.14. The van der Waals surface area contributed by atoms with Gasteiger partial charge < -0.3 is 14.7 Å². The normalized spacial score (nSPS) is 16.9. The molecule has 0 radical (unpaired) electrons. The Hall–Kier alpha value is -2.70. The Kier molecular flexibility index (Phi) is 6.79. The van der Waals surface area contributed by atoms with Gasteiger partial charge in [0.05, 0.1) is 25.7 Å². The van der Waals surface area contributed by atoms with Crippen molar-refractivity contribution in [3.63, 3.8) is 0 Å². The number of likely N-dealkylation sites (N-methyl/N-ethyl adjacent to an activating group) is 1. The van der Waals surface area contributed by atoms with E-state index < -0.39 is 5.97 Å². The standard InChI is InChI=1S/C22H26N2O4/c1-23(16-22(26)27)14-20-15-24(11-12-28-20)21(25)13-17-7-9-19(10-8-17)18-5-3-2-4-6-18/h2-10,20H,11-16H2,1H3,(H,26,27). The van der Waals surface area contributed by atoms with Crippen LogP contribution >= 0.6 is 0 Å². The molecule has 148 valence electrons. The third-order valence-corrected chi connectivity index (χ3v) is 4.83. The van der Waals surface area contributed by atoms with Crippen molar-refractivity contribution >= 4 is 11.9 Å². The highest BCUT2D eigenvalue weighted by atomic mass is 16.5. The highest BCUT2D eigenvalue weighted by molar-refractivity contribution is 5.79. The Morgan fingerprint density at radius 1 is 1.11 bits per heavy atom. The van der Waals surface area contributed by atoms with Crippen LogP contribution in [0.2, 0.25) is 0 Å². The molecule has 1 N–H and O–H groups in total. The van der Waals surface area contributed by atoms with Gasteiger partial charge in [-0.1, -0.05) is 54.6 Å². The first-order valence-electron chi connectivity index (χ1n) is 9.45. The molecule has 1 amide bonds. The highest BCUT2D eigenvalue weighted by Crippen LogP contribution is 2.20. The van der Waals surface area contributed by atoms with Crippen molar-refractivity contribution in [2.45, 2.75) is 12.5 Å². The lowest BCUT2D eigenvalue weighted by Gasteiger charge is -2.34. The molecule has 28 heavy (non-hydrogen) atoms. The molecule has 1 aliphatic heterocycles. The fourth-order valence-electron chi connectivity index (χ4n) is 3.43. The third kappa shape index (κ3) is 5.65. The molecule has 0 saturated carbocycles. The molecule has 0 aliphatic carbocycles. The molecule has 2 aromatic rings. The number of carboxylic acids is 1. The number of carbonyl (C=O) groups is 2. The van der Waals surface area contributed by atoms with Gasteiger partial charge in [0.15, 0.2) is 0 Å². The molecule has 6 heteroatoms. The number of carbonyl (C=O) groups excluding carboxylic acids is 1. The lowest BCUT2D eigenvalue weighted by Crippen LogP contribution is -2.50. The minimum Gasteiger partial charge on any atom is -0.480 e. The lowest BCUT2D eigenvalue weighted by molar-refractivity contribution is -0.142. The van der Waals surface area contributed by atoms with Gasteiger partial charge in [0.25, 0.3) is 0 Å². The monoisotopic (exact) mass is 382 g/mol. The highest BCUT2D eigenvalue weighted by Gasteiger charge is 2.25. The molecule has 0 bridgehead atoms. The summed E-state index contributed by atoms with van der Waals surface area (Å²) in [6.45, 7) is 1.98. The van der Waals surface area contributed by atoms with Crippen LogP contribution in [0.1, 0.15) is 5.56 Å². The van der Waals surface area contributed by atoms with Crippen molar-refractivity contribution in [3.05, 3.63) is 60.2 Å². The maximum absolute atomic E-state index is 12.7. The van der Waals surface area contributed by atoms with Crippen molar-refractivity contribution < 1.29 is 19.4 Å². The second-order valence-corrected chi connectivity index (χ2v) is 7.16. The van der Waals surface area contributed by atoms with E-state index in [4.69, 9.17) is 9.84 Å². The molecule has 1 fully saturated rings. The van der Waals surface area contributed by atoms with Gasteiger partial charge in [0.2, 0.25) is 5.91 Å². The zero-order valence-corrected chi connectivity index (χ0v) is 16.1. The molecule has 1 heterocycles. The van der Waals surface area contributed by atoms with E-state index in [1.807, 2.05) is 47.4 Å². The van der Waals surface area contributed by atoms with Crippen molar-refractivity contribution in [3.8, 4) is 11.1 Å². The van der Waals surface area contributed by atoms with E-state index in [0.717, 1.165) is 16.7 Å². The zero-order chi connectivity index (χ0) is 19.9. The van der Waals surface area contributed by atoms with Crippen LogP contribution in [0.15, 0.2) is 54.6 Å². The number of morpholine rings is 1. The van der Waals surface area contributed by atoms with Crippen LogP contribution in [0.3, 0.4) is 0 Å². The minimum atomic E-state index is -0.870. The molecule has 1 aliphatic rings. The lowest BCUT2D eigenvalue weighted by atomic mass is 10.0. The molecular weight excluding hydrogens is 356 g/mol. The summed E-state index contributed by atoms with van der Waals surface area (Å²) >= 11 is 0. The van der Waals surface area contributed by atoms with Crippen LogP contribution < -0.4 is 0 Å². The number of hydrogen-bond acceptors (Lipinski definition) is 4. The fourth-order valence-corrected chi connectivity index (χ4v) is 3.43. The average Bonchev–Trinajstić information content (AvgIpc) is 2.69. The van der Waals surface area contributed by atoms with E-state index in [-0.39, 0.29) is 18.6 Å². The molecule has 3 rings (SSSR count). The molecule has 1 atom stereocenters. The van der Waals surface area contributed by atoms with E-state index >= 15 is 0 Å². The smallest absolute Gasteiger partial charge is 0.317 e. The number of carboxylic acid groups (broad SMARTS) is 1. The second kappa shape index (κ2) is 9.48. The van der Waals surface area contributed by atoms with E-state index in [2.05, 4.69) is 12.1 Å². The average molecular weight is 382 g/mol. The van der Waals surface area contributed by atoms with Crippen molar-refractivity contribution in [1.82, 2.24) is 9.80 Å². The Balaban J connectivity index is 1.54. The second-order valence-electron chi connectivity index (χ2n) is 7.16. The number of ether oxygens (including phenoxy) is 1. The van der Waals surface area contributed by atoms with Crippen molar-refractivity contribution in [2.75, 3.05) is 39.8 Å². The minimum absolute atomic E-state index is 0.0401. The summed E-state index contributed by atoms with van der Waals surface area (Å²) in [5.41, 5.74) is 3.27. The number of hydrogen-bond donors (Lipinski definition) is 1. The van der Waals surface area contributed by atoms with Gasteiger partial charge in [0.1, 0.15) is 0 Å². The maximum atomic E-state index is 12.7. The van der Waals surface area contributed by atoms with E-state index in [9.17, 15) is 9.59 Å². The SMILES string of the molecule is CN(CC(=O)O)CC1CN(C(=O)Cc2ccc(-c3ccccc3)cc2)CCO1. The Morgan fingerprint density at radius 2 is 1.79 bits per heavy atom. The van der Waals surface area contributed by atoms with Gasteiger partial charge in [-0.2, -0.15) is 0 Å². The summed E-state index contributed by atoms with van der Waals surface area (Å²) < 4.78 is 5.70. The van der Waals surface area contributed by atoms with Gasteiger partial charge in [0, 0.05) is 19.6 Å². The number of aliphatic carboxylic acids is 1. The number of amides is 1. The Bertz CT molecular complexity index is 792. The van der Waals surface area contributed by atoms with Gasteiger partial charge in [-0.15, -0.1) is 0 Å². The van der Waals surface area contributed by atoms with Gasteiger partial charge in [-0.25, -0.2) is 0 Å². The van der Waals surface area contributed by atoms with Crippen LogP contribution in [-0.4, -0.2) is 72.7 Å². The molecule has 0 spiro atoms. The molecule has 2 aromatic carbocycles. The topological polar surface area (TPSA) is 70.1 Å². The van der Waals surface area contributed by atoms with Crippen LogP contribution in [0.4, 0.5) is 0 Å². The number of rotatable bonds is 7. The Morgan fingerprint density at radius 3 is 2.46 bits per heavy atom. The van der Waals surface area contributed by atoms with Gasteiger partial charge >= 0.3 is 5.97 Å². The summed E-state index contributed by atoms with van der Waals surface area (Å²) in [5.74, 6) is -0.799. The third-order valence-electron chi connectivity index (χ3n) is 4.83. The molecule has 0 aromatic heterocycles. The van der Waals surface area contributed by atoms with Crippen LogP contribution in [0, 0.1) is 0 Å². The summed E-state index contributed by atoms with van der Waals surface area (Å²) in [6.07, 6.45) is 0.190. The zero-order valence-electron chi connectivity index (χ0n) is 16.1. The van der Waals surface area contributed by atoms with E-state index in [0.29, 0.717) is 32.7 Å². The number of benzene rings is 2. The van der Waals surface area contributed by atoms with Crippen molar-refractivity contribution in [1.29, 1.82) is 0 Å². The quantitative estimate of drug-likeness (QED) is 0.795. The Labute approximate surface area is 165 Å². The van der Waals surface area contributed by atoms with Gasteiger partial charge in [-0.05, 0) is 23.7 Å². The molecular formula is C22H26N2O4.